The monoisotopic (exact) mass is 300 g/mol. The lowest BCUT2D eigenvalue weighted by Crippen LogP contribution is -2.07. The molecule has 0 aliphatic rings. The highest BCUT2D eigenvalue weighted by Crippen LogP contribution is 2.39. The van der Waals surface area contributed by atoms with Crippen LogP contribution in [0.3, 0.4) is 0 Å². The second-order valence-electron chi connectivity index (χ2n) is 4.45. The number of rotatable bonds is 3. The quantitative estimate of drug-likeness (QED) is 0.833. The molecule has 112 valence electrons. The smallest absolute Gasteiger partial charge is 0.419 e. The Hall–Kier alpha value is -2.08. The Kier molecular flexibility index (Phi) is 4.18. The molecular formula is C15H12F4O2. The standard InChI is InChI=1S/C15H12F4O2/c1-9(20)11-8-10(16)6-7-13(11)21-14-5-3-2-4-12(14)15(17,18)19/h2-9,20H,1H3. The van der Waals surface area contributed by atoms with Gasteiger partial charge in [-0.15, -0.1) is 0 Å². The lowest BCUT2D eigenvalue weighted by molar-refractivity contribution is -0.138. The highest BCUT2D eigenvalue weighted by atomic mass is 19.4. The summed E-state index contributed by atoms with van der Waals surface area (Å²) in [7, 11) is 0. The van der Waals surface area contributed by atoms with E-state index in [0.29, 0.717) is 0 Å². The Morgan fingerprint density at radius 2 is 1.71 bits per heavy atom. The summed E-state index contributed by atoms with van der Waals surface area (Å²) in [5.41, 5.74) is -0.863. The molecule has 2 rings (SSSR count). The van der Waals surface area contributed by atoms with Crippen molar-refractivity contribution in [1.29, 1.82) is 0 Å². The molecule has 0 spiro atoms. The van der Waals surface area contributed by atoms with E-state index < -0.39 is 29.4 Å². The third-order valence-electron chi connectivity index (χ3n) is 2.83. The number of aliphatic hydroxyl groups is 1. The molecule has 0 aliphatic heterocycles. The maximum absolute atomic E-state index is 13.2. The molecule has 0 bridgehead atoms. The van der Waals surface area contributed by atoms with E-state index in [1.54, 1.807) is 0 Å². The molecule has 2 aromatic rings. The first-order valence-corrected chi connectivity index (χ1v) is 6.10. The van der Waals surface area contributed by atoms with Gasteiger partial charge in [-0.05, 0) is 37.3 Å². The van der Waals surface area contributed by atoms with Gasteiger partial charge in [0.15, 0.2) is 0 Å². The second-order valence-corrected chi connectivity index (χ2v) is 4.45. The first-order chi connectivity index (χ1) is 9.79. The van der Waals surface area contributed by atoms with Crippen molar-refractivity contribution in [2.45, 2.75) is 19.2 Å². The topological polar surface area (TPSA) is 29.5 Å². The van der Waals surface area contributed by atoms with E-state index in [0.717, 1.165) is 24.3 Å². The molecule has 0 aliphatic carbocycles. The van der Waals surface area contributed by atoms with Crippen LogP contribution < -0.4 is 4.74 Å². The van der Waals surface area contributed by atoms with Crippen molar-refractivity contribution >= 4 is 0 Å². The van der Waals surface area contributed by atoms with Gasteiger partial charge >= 0.3 is 6.18 Å². The highest BCUT2D eigenvalue weighted by Gasteiger charge is 2.34. The van der Waals surface area contributed by atoms with Crippen molar-refractivity contribution in [1.82, 2.24) is 0 Å². The summed E-state index contributed by atoms with van der Waals surface area (Å²) < 4.78 is 57.1. The number of para-hydroxylation sites is 1. The Labute approximate surface area is 118 Å². The molecule has 6 heteroatoms. The number of hydrogen-bond acceptors (Lipinski definition) is 2. The minimum atomic E-state index is -4.57. The van der Waals surface area contributed by atoms with Crippen LogP contribution in [0.2, 0.25) is 0 Å². The van der Waals surface area contributed by atoms with Gasteiger partial charge < -0.3 is 9.84 Å². The fourth-order valence-electron chi connectivity index (χ4n) is 1.85. The van der Waals surface area contributed by atoms with Crippen molar-refractivity contribution in [3.05, 3.63) is 59.4 Å². The maximum Gasteiger partial charge on any atom is 0.419 e. The molecule has 0 saturated carbocycles. The van der Waals surface area contributed by atoms with Crippen molar-refractivity contribution in [2.75, 3.05) is 0 Å². The predicted molar refractivity (Wildman–Crippen MR) is 68.6 cm³/mol. The third-order valence-corrected chi connectivity index (χ3v) is 2.83. The summed E-state index contributed by atoms with van der Waals surface area (Å²) in [6, 6.07) is 7.96. The van der Waals surface area contributed by atoms with Crippen molar-refractivity contribution in [3.63, 3.8) is 0 Å². The lowest BCUT2D eigenvalue weighted by atomic mass is 10.1. The number of benzene rings is 2. The second kappa shape index (κ2) is 5.73. The van der Waals surface area contributed by atoms with E-state index >= 15 is 0 Å². The molecule has 0 fully saturated rings. The largest absolute Gasteiger partial charge is 0.456 e. The fraction of sp³-hybridized carbons (Fsp3) is 0.200. The molecule has 0 heterocycles. The van der Waals surface area contributed by atoms with E-state index in [9.17, 15) is 22.7 Å². The van der Waals surface area contributed by atoms with Crippen LogP contribution in [0.1, 0.15) is 24.2 Å². The number of halogens is 4. The first-order valence-electron chi connectivity index (χ1n) is 6.10. The van der Waals surface area contributed by atoms with Crippen LogP contribution in [0.5, 0.6) is 11.5 Å². The molecule has 2 nitrogen and oxygen atoms in total. The zero-order chi connectivity index (χ0) is 15.6. The van der Waals surface area contributed by atoms with Crippen LogP contribution in [-0.4, -0.2) is 5.11 Å². The summed E-state index contributed by atoms with van der Waals surface area (Å²) in [4.78, 5) is 0. The average Bonchev–Trinajstić information content (AvgIpc) is 2.40. The zero-order valence-corrected chi connectivity index (χ0v) is 11.0. The van der Waals surface area contributed by atoms with Gasteiger partial charge in [-0.3, -0.25) is 0 Å². The van der Waals surface area contributed by atoms with E-state index in [2.05, 4.69) is 0 Å². The Morgan fingerprint density at radius 1 is 1.05 bits per heavy atom. The summed E-state index contributed by atoms with van der Waals surface area (Å²) in [5.74, 6) is -1.04. The molecule has 21 heavy (non-hydrogen) atoms. The summed E-state index contributed by atoms with van der Waals surface area (Å²) >= 11 is 0. The molecule has 0 aromatic heterocycles. The minimum Gasteiger partial charge on any atom is -0.456 e. The van der Waals surface area contributed by atoms with E-state index in [1.807, 2.05) is 0 Å². The van der Waals surface area contributed by atoms with E-state index in [4.69, 9.17) is 4.74 Å². The van der Waals surface area contributed by atoms with E-state index in [-0.39, 0.29) is 11.3 Å². The van der Waals surface area contributed by atoms with Crippen LogP contribution in [0, 0.1) is 5.82 Å². The number of alkyl halides is 3. The van der Waals surface area contributed by atoms with Gasteiger partial charge in [0.2, 0.25) is 0 Å². The summed E-state index contributed by atoms with van der Waals surface area (Å²) in [6.45, 7) is 1.37. The Balaban J connectivity index is 2.44. The highest BCUT2D eigenvalue weighted by molar-refractivity contribution is 5.43. The normalized spacial score (nSPS) is 13.0. The lowest BCUT2D eigenvalue weighted by Gasteiger charge is -2.16. The van der Waals surface area contributed by atoms with Gasteiger partial charge in [-0.25, -0.2) is 4.39 Å². The van der Waals surface area contributed by atoms with E-state index in [1.165, 1.54) is 25.1 Å². The molecular weight excluding hydrogens is 288 g/mol. The van der Waals surface area contributed by atoms with Crippen LogP contribution in [0.25, 0.3) is 0 Å². The SMILES string of the molecule is CC(O)c1cc(F)ccc1Oc1ccccc1C(F)(F)F. The Bertz CT molecular complexity index is 636. The van der Waals surface area contributed by atoms with Gasteiger partial charge in [0.25, 0.3) is 0 Å². The Morgan fingerprint density at radius 3 is 2.33 bits per heavy atom. The van der Waals surface area contributed by atoms with Crippen LogP contribution in [0.15, 0.2) is 42.5 Å². The minimum absolute atomic E-state index is 0.0249. The molecule has 0 saturated heterocycles. The van der Waals surface area contributed by atoms with Crippen molar-refractivity contribution in [3.8, 4) is 11.5 Å². The molecule has 1 unspecified atom stereocenters. The third kappa shape index (κ3) is 3.52. The zero-order valence-electron chi connectivity index (χ0n) is 11.0. The summed E-state index contributed by atoms with van der Waals surface area (Å²) in [5, 5.41) is 9.57. The molecule has 2 aromatic carbocycles. The molecule has 0 radical (unpaired) electrons. The first kappa shape index (κ1) is 15.3. The van der Waals surface area contributed by atoms with Crippen LogP contribution >= 0.6 is 0 Å². The molecule has 1 N–H and O–H groups in total. The van der Waals surface area contributed by atoms with Gasteiger partial charge in [0.1, 0.15) is 17.3 Å². The average molecular weight is 300 g/mol. The summed E-state index contributed by atoms with van der Waals surface area (Å²) in [6.07, 6.45) is -5.64. The van der Waals surface area contributed by atoms with Gasteiger partial charge in [0.05, 0.1) is 11.7 Å². The fourth-order valence-corrected chi connectivity index (χ4v) is 1.85. The van der Waals surface area contributed by atoms with Crippen molar-refractivity contribution < 1.29 is 27.4 Å². The predicted octanol–water partition coefficient (Wildman–Crippen LogP) is 4.69. The molecule has 0 amide bonds. The number of aliphatic hydroxyl groups excluding tert-OH is 1. The number of hydrogen-bond donors (Lipinski definition) is 1. The van der Waals surface area contributed by atoms with Crippen LogP contribution in [-0.2, 0) is 6.18 Å². The van der Waals surface area contributed by atoms with Crippen molar-refractivity contribution in [2.24, 2.45) is 0 Å². The molecule has 1 atom stereocenters. The number of ether oxygens (including phenoxy) is 1. The van der Waals surface area contributed by atoms with Gasteiger partial charge in [0, 0.05) is 5.56 Å². The maximum atomic E-state index is 13.2. The van der Waals surface area contributed by atoms with Gasteiger partial charge in [-0.1, -0.05) is 12.1 Å². The van der Waals surface area contributed by atoms with Gasteiger partial charge in [-0.2, -0.15) is 13.2 Å². The van der Waals surface area contributed by atoms with Crippen LogP contribution in [0.4, 0.5) is 17.6 Å².